The SMILES string of the molecule is CCCOCC(=O)N1CCCN(C)c2ccc(F)cc21. The highest BCUT2D eigenvalue weighted by Gasteiger charge is 2.23. The Labute approximate surface area is 119 Å². The van der Waals surface area contributed by atoms with Crippen molar-refractivity contribution in [3.8, 4) is 0 Å². The zero-order valence-corrected chi connectivity index (χ0v) is 12.1. The number of anilines is 2. The summed E-state index contributed by atoms with van der Waals surface area (Å²) in [5.74, 6) is -0.438. The fourth-order valence-electron chi connectivity index (χ4n) is 2.38. The van der Waals surface area contributed by atoms with Crippen molar-refractivity contribution in [1.29, 1.82) is 0 Å². The molecule has 0 saturated heterocycles. The molecule has 0 aromatic heterocycles. The number of rotatable bonds is 4. The van der Waals surface area contributed by atoms with Crippen LogP contribution in [0, 0.1) is 5.82 Å². The summed E-state index contributed by atoms with van der Waals surface area (Å²) in [6, 6.07) is 4.58. The minimum atomic E-state index is -0.327. The second-order valence-corrected chi connectivity index (χ2v) is 5.01. The van der Waals surface area contributed by atoms with Gasteiger partial charge in [-0.25, -0.2) is 4.39 Å². The highest BCUT2D eigenvalue weighted by Crippen LogP contribution is 2.32. The van der Waals surface area contributed by atoms with Gasteiger partial charge < -0.3 is 14.5 Å². The molecule has 0 bridgehead atoms. The van der Waals surface area contributed by atoms with Crippen molar-refractivity contribution >= 4 is 17.3 Å². The van der Waals surface area contributed by atoms with Crippen molar-refractivity contribution in [2.24, 2.45) is 0 Å². The smallest absolute Gasteiger partial charge is 0.253 e. The van der Waals surface area contributed by atoms with Gasteiger partial charge in [0.25, 0.3) is 5.91 Å². The molecule has 1 aliphatic heterocycles. The molecule has 4 nitrogen and oxygen atoms in total. The fraction of sp³-hybridized carbons (Fsp3) is 0.533. The Morgan fingerprint density at radius 2 is 2.15 bits per heavy atom. The lowest BCUT2D eigenvalue weighted by atomic mass is 10.2. The van der Waals surface area contributed by atoms with Gasteiger partial charge in [-0.15, -0.1) is 0 Å². The van der Waals surface area contributed by atoms with Crippen LogP contribution in [0.4, 0.5) is 15.8 Å². The molecule has 2 rings (SSSR count). The summed E-state index contributed by atoms with van der Waals surface area (Å²) in [4.78, 5) is 16.0. The van der Waals surface area contributed by atoms with Gasteiger partial charge in [-0.3, -0.25) is 4.79 Å². The fourth-order valence-corrected chi connectivity index (χ4v) is 2.38. The number of nitrogens with zero attached hydrogens (tertiary/aromatic N) is 2. The minimum absolute atomic E-state index is 0.0491. The number of amides is 1. The Bertz CT molecular complexity index is 479. The third-order valence-electron chi connectivity index (χ3n) is 3.39. The van der Waals surface area contributed by atoms with Crippen LogP contribution >= 0.6 is 0 Å². The van der Waals surface area contributed by atoms with E-state index in [1.807, 2.05) is 14.0 Å². The molecule has 0 aliphatic carbocycles. The Kier molecular flexibility index (Phi) is 4.95. The van der Waals surface area contributed by atoms with Gasteiger partial charge in [0.05, 0.1) is 11.4 Å². The molecule has 1 heterocycles. The molecular formula is C15H21FN2O2. The van der Waals surface area contributed by atoms with Gasteiger partial charge in [-0.05, 0) is 31.0 Å². The maximum absolute atomic E-state index is 13.5. The number of carbonyl (C=O) groups excluding carboxylic acids is 1. The minimum Gasteiger partial charge on any atom is -0.373 e. The summed E-state index contributed by atoms with van der Waals surface area (Å²) in [5, 5.41) is 0. The molecular weight excluding hydrogens is 259 g/mol. The van der Waals surface area contributed by atoms with E-state index in [0.717, 1.165) is 25.1 Å². The van der Waals surface area contributed by atoms with Gasteiger partial charge in [0.2, 0.25) is 0 Å². The van der Waals surface area contributed by atoms with Crippen molar-refractivity contribution in [3.63, 3.8) is 0 Å². The van der Waals surface area contributed by atoms with E-state index in [2.05, 4.69) is 4.90 Å². The third-order valence-corrected chi connectivity index (χ3v) is 3.39. The van der Waals surface area contributed by atoms with E-state index in [1.54, 1.807) is 11.0 Å². The van der Waals surface area contributed by atoms with E-state index in [9.17, 15) is 9.18 Å². The van der Waals surface area contributed by atoms with E-state index < -0.39 is 0 Å². The quantitative estimate of drug-likeness (QED) is 0.794. The molecule has 0 fully saturated rings. The first-order valence-corrected chi connectivity index (χ1v) is 7.02. The van der Waals surface area contributed by atoms with Crippen LogP contribution < -0.4 is 9.80 Å². The molecule has 1 amide bonds. The Balaban J connectivity index is 2.23. The summed E-state index contributed by atoms with van der Waals surface area (Å²) < 4.78 is 18.8. The second-order valence-electron chi connectivity index (χ2n) is 5.01. The highest BCUT2D eigenvalue weighted by molar-refractivity contribution is 5.97. The average molecular weight is 280 g/mol. The van der Waals surface area contributed by atoms with Gasteiger partial charge in [0, 0.05) is 26.7 Å². The number of fused-ring (bicyclic) bond motifs is 1. The number of halogens is 1. The molecule has 0 radical (unpaired) electrons. The summed E-state index contributed by atoms with van der Waals surface area (Å²) in [6.45, 7) is 4.05. The number of carbonyl (C=O) groups is 1. The normalized spacial score (nSPS) is 14.9. The molecule has 0 atom stereocenters. The monoisotopic (exact) mass is 280 g/mol. The molecule has 0 spiro atoms. The van der Waals surface area contributed by atoms with Crippen LogP contribution in [0.5, 0.6) is 0 Å². The van der Waals surface area contributed by atoms with Crippen LogP contribution in [0.15, 0.2) is 18.2 Å². The summed E-state index contributed by atoms with van der Waals surface area (Å²) in [6.07, 6.45) is 1.73. The average Bonchev–Trinajstić information content (AvgIpc) is 2.58. The zero-order chi connectivity index (χ0) is 14.5. The lowest BCUT2D eigenvalue weighted by Gasteiger charge is -2.24. The van der Waals surface area contributed by atoms with Gasteiger partial charge in [-0.1, -0.05) is 6.92 Å². The molecule has 0 unspecified atom stereocenters. The van der Waals surface area contributed by atoms with Crippen LogP contribution in [-0.2, 0) is 9.53 Å². The second kappa shape index (κ2) is 6.70. The molecule has 110 valence electrons. The van der Waals surface area contributed by atoms with Crippen LogP contribution in [0.25, 0.3) is 0 Å². The van der Waals surface area contributed by atoms with Crippen LogP contribution in [0.2, 0.25) is 0 Å². The zero-order valence-electron chi connectivity index (χ0n) is 12.1. The van der Waals surface area contributed by atoms with Gasteiger partial charge in [0.1, 0.15) is 12.4 Å². The molecule has 1 aliphatic rings. The van der Waals surface area contributed by atoms with Crippen LogP contribution in [0.3, 0.4) is 0 Å². The van der Waals surface area contributed by atoms with Crippen LogP contribution in [0.1, 0.15) is 19.8 Å². The molecule has 20 heavy (non-hydrogen) atoms. The van der Waals surface area contributed by atoms with E-state index in [1.165, 1.54) is 12.1 Å². The summed E-state index contributed by atoms with van der Waals surface area (Å²) in [5.41, 5.74) is 1.52. The number of hydrogen-bond acceptors (Lipinski definition) is 3. The summed E-state index contributed by atoms with van der Waals surface area (Å²) in [7, 11) is 1.96. The first-order valence-electron chi connectivity index (χ1n) is 7.02. The topological polar surface area (TPSA) is 32.8 Å². The van der Waals surface area contributed by atoms with Crippen molar-refractivity contribution in [3.05, 3.63) is 24.0 Å². The predicted molar refractivity (Wildman–Crippen MR) is 77.8 cm³/mol. The highest BCUT2D eigenvalue weighted by atomic mass is 19.1. The standard InChI is InChI=1S/C15H21FN2O2/c1-3-9-20-11-15(19)18-8-4-7-17(2)13-6-5-12(16)10-14(13)18/h5-6,10H,3-4,7-9,11H2,1-2H3. The van der Waals surface area contributed by atoms with Crippen molar-refractivity contribution < 1.29 is 13.9 Å². The number of hydrogen-bond donors (Lipinski definition) is 0. The van der Waals surface area contributed by atoms with E-state index >= 15 is 0 Å². The van der Waals surface area contributed by atoms with Crippen molar-refractivity contribution in [1.82, 2.24) is 0 Å². The lowest BCUT2D eigenvalue weighted by Crippen LogP contribution is -2.34. The number of benzene rings is 1. The van der Waals surface area contributed by atoms with Crippen molar-refractivity contribution in [2.75, 3.05) is 43.2 Å². The molecule has 5 heteroatoms. The van der Waals surface area contributed by atoms with Crippen LogP contribution in [-0.4, -0.2) is 39.3 Å². The van der Waals surface area contributed by atoms with Gasteiger partial charge >= 0.3 is 0 Å². The van der Waals surface area contributed by atoms with E-state index in [0.29, 0.717) is 18.8 Å². The maximum atomic E-state index is 13.5. The van der Waals surface area contributed by atoms with Crippen molar-refractivity contribution in [2.45, 2.75) is 19.8 Å². The first kappa shape index (κ1) is 14.8. The summed E-state index contributed by atoms with van der Waals surface area (Å²) >= 11 is 0. The first-order chi connectivity index (χ1) is 9.63. The molecule has 0 saturated carbocycles. The molecule has 0 N–H and O–H groups in total. The Hall–Kier alpha value is -1.62. The Morgan fingerprint density at radius 1 is 1.35 bits per heavy atom. The third kappa shape index (κ3) is 3.28. The van der Waals surface area contributed by atoms with Gasteiger partial charge in [-0.2, -0.15) is 0 Å². The van der Waals surface area contributed by atoms with E-state index in [4.69, 9.17) is 4.74 Å². The largest absolute Gasteiger partial charge is 0.373 e. The van der Waals surface area contributed by atoms with Gasteiger partial charge in [0.15, 0.2) is 0 Å². The van der Waals surface area contributed by atoms with E-state index in [-0.39, 0.29) is 18.3 Å². The predicted octanol–water partition coefficient (Wildman–Crippen LogP) is 2.43. The lowest BCUT2D eigenvalue weighted by molar-refractivity contribution is -0.123. The maximum Gasteiger partial charge on any atom is 0.253 e. The molecule has 1 aromatic rings. The molecule has 1 aromatic carbocycles. The Morgan fingerprint density at radius 3 is 2.90 bits per heavy atom. The number of ether oxygens (including phenoxy) is 1.